The molecule has 0 saturated carbocycles. The Morgan fingerprint density at radius 3 is 3.00 bits per heavy atom. The van der Waals surface area contributed by atoms with Crippen molar-refractivity contribution in [2.24, 2.45) is 7.05 Å². The third-order valence-electron chi connectivity index (χ3n) is 4.55. The zero-order chi connectivity index (χ0) is 15.5. The molecule has 4 nitrogen and oxygen atoms in total. The molecule has 1 aromatic carbocycles. The highest BCUT2D eigenvalue weighted by molar-refractivity contribution is 5.82. The number of methoxy groups -OCH3 is 1. The van der Waals surface area contributed by atoms with Crippen molar-refractivity contribution in [2.75, 3.05) is 33.4 Å². The lowest BCUT2D eigenvalue weighted by Gasteiger charge is -2.32. The Morgan fingerprint density at radius 2 is 2.18 bits per heavy atom. The minimum absolute atomic E-state index is 0.297. The number of rotatable bonds is 5. The Labute approximate surface area is 132 Å². The second-order valence-electron chi connectivity index (χ2n) is 6.27. The van der Waals surface area contributed by atoms with E-state index in [9.17, 15) is 0 Å². The molecule has 1 aliphatic rings. The van der Waals surface area contributed by atoms with Crippen molar-refractivity contribution in [2.45, 2.75) is 26.0 Å². The SMILES string of the molecule is COCC[C@H]1CN(Cc2cc3cc(C)ccc3n2C)CCO1. The summed E-state index contributed by atoms with van der Waals surface area (Å²) >= 11 is 0. The van der Waals surface area contributed by atoms with E-state index in [-0.39, 0.29) is 0 Å². The molecule has 0 radical (unpaired) electrons. The average Bonchev–Trinajstić information content (AvgIpc) is 2.81. The molecule has 0 aliphatic carbocycles. The maximum atomic E-state index is 5.82. The molecule has 120 valence electrons. The van der Waals surface area contributed by atoms with Gasteiger partial charge in [0.1, 0.15) is 0 Å². The van der Waals surface area contributed by atoms with Crippen molar-refractivity contribution in [3.63, 3.8) is 0 Å². The standard InChI is InChI=1S/C18H26N2O2/c1-14-4-5-18-15(10-14)11-16(19(18)2)12-20-7-9-22-17(13-20)6-8-21-3/h4-5,10-11,17H,6-9,12-13H2,1-3H3/t17-/m0/s1. The van der Waals surface area contributed by atoms with Gasteiger partial charge in [0.25, 0.3) is 0 Å². The molecule has 0 N–H and O–H groups in total. The van der Waals surface area contributed by atoms with E-state index >= 15 is 0 Å². The van der Waals surface area contributed by atoms with E-state index in [1.165, 1.54) is 22.2 Å². The van der Waals surface area contributed by atoms with Crippen LogP contribution < -0.4 is 0 Å². The smallest absolute Gasteiger partial charge is 0.0724 e. The number of nitrogens with zero attached hydrogens (tertiary/aromatic N) is 2. The summed E-state index contributed by atoms with van der Waals surface area (Å²) in [5.41, 5.74) is 3.99. The van der Waals surface area contributed by atoms with E-state index in [0.717, 1.165) is 39.3 Å². The summed E-state index contributed by atoms with van der Waals surface area (Å²) in [6, 6.07) is 8.98. The molecule has 0 spiro atoms. The first-order valence-electron chi connectivity index (χ1n) is 8.05. The molecule has 0 unspecified atom stereocenters. The maximum Gasteiger partial charge on any atom is 0.0724 e. The van der Waals surface area contributed by atoms with Crippen LogP contribution in [0, 0.1) is 6.92 Å². The minimum atomic E-state index is 0.297. The van der Waals surface area contributed by atoms with Gasteiger partial charge in [0.05, 0.1) is 12.7 Å². The van der Waals surface area contributed by atoms with E-state index in [4.69, 9.17) is 9.47 Å². The molecule has 1 aliphatic heterocycles. The van der Waals surface area contributed by atoms with Crippen LogP contribution in [0.1, 0.15) is 17.7 Å². The van der Waals surface area contributed by atoms with Crippen LogP contribution in [0.3, 0.4) is 0 Å². The number of aromatic nitrogens is 1. The number of morpholine rings is 1. The van der Waals surface area contributed by atoms with E-state index in [1.807, 2.05) is 0 Å². The fourth-order valence-electron chi connectivity index (χ4n) is 3.25. The zero-order valence-corrected chi connectivity index (χ0v) is 13.8. The molecule has 1 fully saturated rings. The van der Waals surface area contributed by atoms with Crippen LogP contribution in [-0.2, 0) is 23.1 Å². The second-order valence-corrected chi connectivity index (χ2v) is 6.27. The highest BCUT2D eigenvalue weighted by Gasteiger charge is 2.21. The lowest BCUT2D eigenvalue weighted by atomic mass is 10.2. The first kappa shape index (κ1) is 15.5. The molecular formula is C18H26N2O2. The number of aryl methyl sites for hydroxylation is 2. The number of hydrogen-bond acceptors (Lipinski definition) is 3. The average molecular weight is 302 g/mol. The van der Waals surface area contributed by atoms with Crippen LogP contribution in [-0.4, -0.2) is 49.0 Å². The fraction of sp³-hybridized carbons (Fsp3) is 0.556. The van der Waals surface area contributed by atoms with Gasteiger partial charge in [-0.3, -0.25) is 4.90 Å². The maximum absolute atomic E-state index is 5.82. The first-order chi connectivity index (χ1) is 10.7. The molecule has 0 amide bonds. The summed E-state index contributed by atoms with van der Waals surface area (Å²) in [6.45, 7) is 6.71. The summed E-state index contributed by atoms with van der Waals surface area (Å²) in [4.78, 5) is 2.49. The third kappa shape index (κ3) is 3.35. The molecule has 2 heterocycles. The molecule has 1 aromatic heterocycles. The highest BCUT2D eigenvalue weighted by atomic mass is 16.5. The van der Waals surface area contributed by atoms with Gasteiger partial charge >= 0.3 is 0 Å². The van der Waals surface area contributed by atoms with Gasteiger partial charge in [-0.2, -0.15) is 0 Å². The van der Waals surface area contributed by atoms with Gasteiger partial charge in [-0.25, -0.2) is 0 Å². The quantitative estimate of drug-likeness (QED) is 0.849. The zero-order valence-electron chi connectivity index (χ0n) is 13.8. The fourth-order valence-corrected chi connectivity index (χ4v) is 3.25. The third-order valence-corrected chi connectivity index (χ3v) is 4.55. The Kier molecular flexibility index (Phi) is 4.81. The Bertz CT molecular complexity index is 635. The number of hydrogen-bond donors (Lipinski definition) is 0. The first-order valence-corrected chi connectivity index (χ1v) is 8.05. The van der Waals surface area contributed by atoms with E-state index in [0.29, 0.717) is 6.10 Å². The molecule has 3 rings (SSSR count). The van der Waals surface area contributed by atoms with Gasteiger partial charge in [-0.15, -0.1) is 0 Å². The summed E-state index contributed by atoms with van der Waals surface area (Å²) in [5.74, 6) is 0. The van der Waals surface area contributed by atoms with Crippen LogP contribution in [0.5, 0.6) is 0 Å². The molecular weight excluding hydrogens is 276 g/mol. The molecule has 2 aromatic rings. The van der Waals surface area contributed by atoms with Crippen molar-refractivity contribution in [1.82, 2.24) is 9.47 Å². The summed E-state index contributed by atoms with van der Waals surface area (Å²) in [6.07, 6.45) is 1.27. The normalized spacial score (nSPS) is 19.9. The highest BCUT2D eigenvalue weighted by Crippen LogP contribution is 2.22. The molecule has 4 heteroatoms. The number of fused-ring (bicyclic) bond motifs is 1. The largest absolute Gasteiger partial charge is 0.385 e. The van der Waals surface area contributed by atoms with Crippen molar-refractivity contribution >= 4 is 10.9 Å². The summed E-state index contributed by atoms with van der Waals surface area (Å²) in [7, 11) is 3.91. The molecule has 1 saturated heterocycles. The van der Waals surface area contributed by atoms with E-state index in [2.05, 4.69) is 47.7 Å². The van der Waals surface area contributed by atoms with Crippen molar-refractivity contribution < 1.29 is 9.47 Å². The predicted molar refractivity (Wildman–Crippen MR) is 89.2 cm³/mol. The van der Waals surface area contributed by atoms with Gasteiger partial charge in [0.2, 0.25) is 0 Å². The topological polar surface area (TPSA) is 26.6 Å². The Morgan fingerprint density at radius 1 is 1.32 bits per heavy atom. The van der Waals surface area contributed by atoms with Gasteiger partial charge < -0.3 is 14.0 Å². The van der Waals surface area contributed by atoms with Gasteiger partial charge in [0, 0.05) is 57.0 Å². The van der Waals surface area contributed by atoms with E-state index in [1.54, 1.807) is 7.11 Å². The summed E-state index contributed by atoms with van der Waals surface area (Å²) < 4.78 is 13.3. The van der Waals surface area contributed by atoms with Crippen LogP contribution >= 0.6 is 0 Å². The molecule has 22 heavy (non-hydrogen) atoms. The Hall–Kier alpha value is -1.36. The molecule has 0 bridgehead atoms. The summed E-state index contributed by atoms with van der Waals surface area (Å²) in [5, 5.41) is 1.33. The second kappa shape index (κ2) is 6.82. The predicted octanol–water partition coefficient (Wildman–Crippen LogP) is 2.72. The van der Waals surface area contributed by atoms with Crippen molar-refractivity contribution in [1.29, 1.82) is 0 Å². The van der Waals surface area contributed by atoms with Crippen molar-refractivity contribution in [3.8, 4) is 0 Å². The lowest BCUT2D eigenvalue weighted by molar-refractivity contribution is -0.0437. The lowest BCUT2D eigenvalue weighted by Crippen LogP contribution is -2.42. The van der Waals surface area contributed by atoms with E-state index < -0.39 is 0 Å². The van der Waals surface area contributed by atoms with Crippen LogP contribution in [0.25, 0.3) is 10.9 Å². The minimum Gasteiger partial charge on any atom is -0.385 e. The van der Waals surface area contributed by atoms with Crippen LogP contribution in [0.15, 0.2) is 24.3 Å². The number of ether oxygens (including phenoxy) is 2. The van der Waals surface area contributed by atoms with Gasteiger partial charge in [0.15, 0.2) is 0 Å². The van der Waals surface area contributed by atoms with Crippen LogP contribution in [0.4, 0.5) is 0 Å². The molecule has 1 atom stereocenters. The van der Waals surface area contributed by atoms with Crippen LogP contribution in [0.2, 0.25) is 0 Å². The van der Waals surface area contributed by atoms with Crippen molar-refractivity contribution in [3.05, 3.63) is 35.5 Å². The number of benzene rings is 1. The monoisotopic (exact) mass is 302 g/mol. The van der Waals surface area contributed by atoms with Gasteiger partial charge in [-0.05, 0) is 31.5 Å². The van der Waals surface area contributed by atoms with Gasteiger partial charge in [-0.1, -0.05) is 11.6 Å². The Balaban J connectivity index is 1.71.